The molecule has 4 heteroatoms. The predicted octanol–water partition coefficient (Wildman–Crippen LogP) is 4.67. The van der Waals surface area contributed by atoms with Crippen molar-refractivity contribution >= 4 is 23.2 Å². The molecule has 0 aromatic heterocycles. The molecule has 0 aliphatic heterocycles. The van der Waals surface area contributed by atoms with Gasteiger partial charge in [0, 0.05) is 10.7 Å². The molecule has 3 nitrogen and oxygen atoms in total. The lowest BCUT2D eigenvalue weighted by atomic mass is 10.1. The molecule has 0 radical (unpaired) electrons. The maximum Gasteiger partial charge on any atom is 0.265 e. The zero-order chi connectivity index (χ0) is 16.3. The summed E-state index contributed by atoms with van der Waals surface area (Å²) in [6.07, 6.45) is -0.587. The standard InChI is InChI=1S/C18H20ClNO2/c1-11-7-12(2)9-16(8-11)22-14(4)18(21)20-17-6-5-15(19)10-13(17)3/h5-10,14H,1-4H3,(H,20,21)/t14-/m1/s1. The number of anilines is 1. The number of carbonyl (C=O) groups is 1. The van der Waals surface area contributed by atoms with E-state index in [4.69, 9.17) is 16.3 Å². The van der Waals surface area contributed by atoms with Crippen molar-refractivity contribution in [3.63, 3.8) is 0 Å². The molecule has 1 N–H and O–H groups in total. The third-order valence-corrected chi connectivity index (χ3v) is 3.56. The molecule has 0 heterocycles. The number of ether oxygens (including phenoxy) is 1. The summed E-state index contributed by atoms with van der Waals surface area (Å²) in [6, 6.07) is 11.3. The van der Waals surface area contributed by atoms with E-state index in [1.807, 2.05) is 39.0 Å². The number of rotatable bonds is 4. The van der Waals surface area contributed by atoms with Crippen LogP contribution < -0.4 is 10.1 Å². The van der Waals surface area contributed by atoms with Crippen LogP contribution in [0.1, 0.15) is 23.6 Å². The highest BCUT2D eigenvalue weighted by molar-refractivity contribution is 6.30. The van der Waals surface area contributed by atoms with Crippen LogP contribution in [0, 0.1) is 20.8 Å². The lowest BCUT2D eigenvalue weighted by molar-refractivity contribution is -0.122. The Kier molecular flexibility index (Phi) is 5.09. The molecular formula is C18H20ClNO2. The first kappa shape index (κ1) is 16.4. The second kappa shape index (κ2) is 6.84. The molecule has 0 spiro atoms. The van der Waals surface area contributed by atoms with Crippen LogP contribution in [0.2, 0.25) is 5.02 Å². The third kappa shape index (κ3) is 4.25. The van der Waals surface area contributed by atoms with Crippen LogP contribution in [-0.4, -0.2) is 12.0 Å². The lowest BCUT2D eigenvalue weighted by Gasteiger charge is -2.16. The van der Waals surface area contributed by atoms with Gasteiger partial charge in [0.1, 0.15) is 5.75 Å². The Labute approximate surface area is 136 Å². The maximum absolute atomic E-state index is 12.3. The van der Waals surface area contributed by atoms with Crippen molar-refractivity contribution in [2.75, 3.05) is 5.32 Å². The second-order valence-electron chi connectivity index (χ2n) is 5.53. The minimum atomic E-state index is -0.587. The fraction of sp³-hybridized carbons (Fsp3) is 0.278. The largest absolute Gasteiger partial charge is 0.481 e. The predicted molar refractivity (Wildman–Crippen MR) is 90.8 cm³/mol. The molecule has 0 unspecified atom stereocenters. The Morgan fingerprint density at radius 2 is 1.73 bits per heavy atom. The van der Waals surface area contributed by atoms with Crippen LogP contribution in [0.25, 0.3) is 0 Å². The van der Waals surface area contributed by atoms with Crippen molar-refractivity contribution in [3.8, 4) is 5.75 Å². The second-order valence-corrected chi connectivity index (χ2v) is 5.97. The van der Waals surface area contributed by atoms with Crippen molar-refractivity contribution in [2.24, 2.45) is 0 Å². The highest BCUT2D eigenvalue weighted by Gasteiger charge is 2.16. The van der Waals surface area contributed by atoms with Gasteiger partial charge in [0.15, 0.2) is 6.10 Å². The van der Waals surface area contributed by atoms with Crippen molar-refractivity contribution in [2.45, 2.75) is 33.8 Å². The van der Waals surface area contributed by atoms with Gasteiger partial charge in [-0.05, 0) is 74.7 Å². The number of halogens is 1. The Morgan fingerprint density at radius 1 is 1.09 bits per heavy atom. The summed E-state index contributed by atoms with van der Waals surface area (Å²) in [5, 5.41) is 3.51. The zero-order valence-corrected chi connectivity index (χ0v) is 14.0. The highest BCUT2D eigenvalue weighted by atomic mass is 35.5. The Hall–Kier alpha value is -2.00. The smallest absolute Gasteiger partial charge is 0.265 e. The molecule has 1 atom stereocenters. The van der Waals surface area contributed by atoms with Gasteiger partial charge in [0.2, 0.25) is 0 Å². The number of benzene rings is 2. The summed E-state index contributed by atoms with van der Waals surface area (Å²) in [4.78, 5) is 12.3. The van der Waals surface area contributed by atoms with Gasteiger partial charge in [-0.2, -0.15) is 0 Å². The van der Waals surface area contributed by atoms with Gasteiger partial charge in [-0.25, -0.2) is 0 Å². The molecule has 0 aliphatic carbocycles. The van der Waals surface area contributed by atoms with Gasteiger partial charge in [-0.3, -0.25) is 4.79 Å². The van der Waals surface area contributed by atoms with Gasteiger partial charge >= 0.3 is 0 Å². The van der Waals surface area contributed by atoms with Gasteiger partial charge in [-0.1, -0.05) is 17.7 Å². The first-order valence-corrected chi connectivity index (χ1v) is 7.55. The van der Waals surface area contributed by atoms with E-state index in [0.717, 1.165) is 22.4 Å². The summed E-state index contributed by atoms with van der Waals surface area (Å²) >= 11 is 5.92. The SMILES string of the molecule is Cc1cc(C)cc(O[C@H](C)C(=O)Nc2ccc(Cl)cc2C)c1. The first-order chi connectivity index (χ1) is 10.3. The van der Waals surface area contributed by atoms with Crippen molar-refractivity contribution in [1.29, 1.82) is 0 Å². The van der Waals surface area contributed by atoms with Crippen LogP contribution in [0.5, 0.6) is 5.75 Å². The zero-order valence-electron chi connectivity index (χ0n) is 13.2. The molecule has 0 aliphatic rings. The van der Waals surface area contributed by atoms with Gasteiger partial charge in [0.25, 0.3) is 5.91 Å². The molecule has 2 rings (SSSR count). The van der Waals surface area contributed by atoms with Gasteiger partial charge in [-0.15, -0.1) is 0 Å². The maximum atomic E-state index is 12.3. The summed E-state index contributed by atoms with van der Waals surface area (Å²) < 4.78 is 5.74. The van der Waals surface area contributed by atoms with E-state index in [2.05, 4.69) is 11.4 Å². The fourth-order valence-corrected chi connectivity index (χ4v) is 2.49. The minimum absolute atomic E-state index is 0.190. The molecule has 22 heavy (non-hydrogen) atoms. The summed E-state index contributed by atoms with van der Waals surface area (Å²) in [5.41, 5.74) is 3.87. The molecule has 2 aromatic carbocycles. The van der Waals surface area contributed by atoms with Crippen LogP contribution in [0.15, 0.2) is 36.4 Å². The monoisotopic (exact) mass is 317 g/mol. The minimum Gasteiger partial charge on any atom is -0.481 e. The number of hydrogen-bond donors (Lipinski definition) is 1. The van der Waals surface area contributed by atoms with E-state index in [1.54, 1.807) is 19.1 Å². The molecular weight excluding hydrogens is 298 g/mol. The molecule has 0 fully saturated rings. The first-order valence-electron chi connectivity index (χ1n) is 7.17. The van der Waals surface area contributed by atoms with E-state index >= 15 is 0 Å². The molecule has 116 valence electrons. The topological polar surface area (TPSA) is 38.3 Å². The van der Waals surface area contributed by atoms with E-state index in [-0.39, 0.29) is 5.91 Å². The van der Waals surface area contributed by atoms with Crippen LogP contribution in [0.3, 0.4) is 0 Å². The Balaban J connectivity index is 2.05. The van der Waals surface area contributed by atoms with Crippen molar-refractivity contribution in [3.05, 3.63) is 58.1 Å². The summed E-state index contributed by atoms with van der Waals surface area (Å²) in [6.45, 7) is 7.64. The molecule has 0 saturated heterocycles. The van der Waals surface area contributed by atoms with Gasteiger partial charge in [0.05, 0.1) is 0 Å². The fourth-order valence-electron chi connectivity index (χ4n) is 2.26. The van der Waals surface area contributed by atoms with E-state index < -0.39 is 6.10 Å². The number of aryl methyl sites for hydroxylation is 3. The summed E-state index contributed by atoms with van der Waals surface area (Å²) in [5.74, 6) is 0.512. The summed E-state index contributed by atoms with van der Waals surface area (Å²) in [7, 11) is 0. The third-order valence-electron chi connectivity index (χ3n) is 3.32. The quantitative estimate of drug-likeness (QED) is 0.889. The Bertz CT molecular complexity index is 677. The number of hydrogen-bond acceptors (Lipinski definition) is 2. The van der Waals surface area contributed by atoms with Gasteiger partial charge < -0.3 is 10.1 Å². The van der Waals surface area contributed by atoms with E-state index in [0.29, 0.717) is 10.8 Å². The number of carbonyl (C=O) groups excluding carboxylic acids is 1. The Morgan fingerprint density at radius 3 is 2.32 bits per heavy atom. The molecule has 0 bridgehead atoms. The van der Waals surface area contributed by atoms with Crippen LogP contribution in [0.4, 0.5) is 5.69 Å². The average molecular weight is 318 g/mol. The van der Waals surface area contributed by atoms with E-state index in [9.17, 15) is 4.79 Å². The van der Waals surface area contributed by atoms with Crippen LogP contribution in [-0.2, 0) is 4.79 Å². The van der Waals surface area contributed by atoms with Crippen LogP contribution >= 0.6 is 11.6 Å². The lowest BCUT2D eigenvalue weighted by Crippen LogP contribution is -2.30. The highest BCUT2D eigenvalue weighted by Crippen LogP contribution is 2.21. The normalized spacial score (nSPS) is 11.9. The number of nitrogens with one attached hydrogen (secondary N) is 1. The van der Waals surface area contributed by atoms with Crippen molar-refractivity contribution in [1.82, 2.24) is 0 Å². The van der Waals surface area contributed by atoms with Crippen molar-refractivity contribution < 1.29 is 9.53 Å². The number of amides is 1. The van der Waals surface area contributed by atoms with E-state index in [1.165, 1.54) is 0 Å². The molecule has 2 aromatic rings. The molecule has 0 saturated carbocycles. The molecule has 1 amide bonds. The average Bonchev–Trinajstić information content (AvgIpc) is 2.40.